The van der Waals surface area contributed by atoms with Crippen LogP contribution in [0.3, 0.4) is 0 Å². The van der Waals surface area contributed by atoms with Crippen molar-refractivity contribution in [2.45, 2.75) is 39.0 Å². The average molecular weight is 464 g/mol. The third-order valence-electron chi connectivity index (χ3n) is 5.83. The lowest BCUT2D eigenvalue weighted by Gasteiger charge is -2.34. The minimum absolute atomic E-state index is 0.0856. The number of thioether (sulfide) groups is 1. The number of esters is 1. The van der Waals surface area contributed by atoms with Crippen molar-refractivity contribution in [3.8, 4) is 11.5 Å². The molecule has 0 fully saturated rings. The number of hydrogen-bond donors (Lipinski definition) is 1. The fourth-order valence-electron chi connectivity index (χ4n) is 4.38. The van der Waals surface area contributed by atoms with Gasteiger partial charge in [-0.3, -0.25) is 4.79 Å². The summed E-state index contributed by atoms with van der Waals surface area (Å²) >= 11 is 1.73. The van der Waals surface area contributed by atoms with Gasteiger partial charge in [0.15, 0.2) is 5.78 Å². The summed E-state index contributed by atoms with van der Waals surface area (Å²) in [5, 5.41) is 3.34. The molecule has 1 aliphatic heterocycles. The topological polar surface area (TPSA) is 64.6 Å². The van der Waals surface area contributed by atoms with Gasteiger partial charge in [0.2, 0.25) is 0 Å². The van der Waals surface area contributed by atoms with E-state index in [4.69, 9.17) is 9.47 Å². The van der Waals surface area contributed by atoms with Crippen molar-refractivity contribution in [1.82, 2.24) is 5.32 Å². The van der Waals surface area contributed by atoms with Crippen LogP contribution in [-0.2, 0) is 14.3 Å². The van der Waals surface area contributed by atoms with E-state index in [1.165, 1.54) is 0 Å². The Hall–Kier alpha value is -2.99. The number of para-hydroxylation sites is 1. The molecule has 2 aromatic rings. The number of dihydropyridines is 1. The third kappa shape index (κ3) is 5.33. The largest absolute Gasteiger partial charge is 0.461 e. The molecule has 1 aliphatic carbocycles. The van der Waals surface area contributed by atoms with Crippen LogP contribution in [0.25, 0.3) is 0 Å². The minimum Gasteiger partial charge on any atom is -0.461 e. The van der Waals surface area contributed by atoms with Crippen LogP contribution >= 0.6 is 11.8 Å². The Balaban J connectivity index is 1.70. The standard InChI is InChI=1S/C27H29NO4S/c1-3-33-16-15-31-27(30)24-18(2)28-22-13-8-14-23(29)26(22)25(24)19-9-7-12-21(17-19)32-20-10-5-4-6-11-20/h4-7,9-12,17,25,28H,3,8,13-16H2,1-2H3/t25-/m0/s1. The average Bonchev–Trinajstić information content (AvgIpc) is 2.82. The quantitative estimate of drug-likeness (QED) is 0.398. The molecule has 0 aromatic heterocycles. The second-order valence-corrected chi connectivity index (χ2v) is 9.48. The molecule has 2 aromatic carbocycles. The van der Waals surface area contributed by atoms with Crippen molar-refractivity contribution in [1.29, 1.82) is 0 Å². The molecule has 2 aliphatic rings. The van der Waals surface area contributed by atoms with Crippen molar-refractivity contribution in [3.63, 3.8) is 0 Å². The van der Waals surface area contributed by atoms with Crippen LogP contribution in [0, 0.1) is 0 Å². The number of hydrogen-bond acceptors (Lipinski definition) is 6. The maximum Gasteiger partial charge on any atom is 0.336 e. The van der Waals surface area contributed by atoms with Gasteiger partial charge in [-0.2, -0.15) is 11.8 Å². The number of carbonyl (C=O) groups is 2. The second kappa shape index (κ2) is 10.8. The number of rotatable bonds is 8. The van der Waals surface area contributed by atoms with E-state index in [1.54, 1.807) is 11.8 Å². The first-order valence-electron chi connectivity index (χ1n) is 11.4. The Kier molecular flexibility index (Phi) is 7.55. The fraction of sp³-hybridized carbons (Fsp3) is 0.333. The van der Waals surface area contributed by atoms with Gasteiger partial charge in [-0.25, -0.2) is 4.79 Å². The number of allylic oxidation sites excluding steroid dienone is 3. The highest BCUT2D eigenvalue weighted by molar-refractivity contribution is 7.99. The Morgan fingerprint density at radius 3 is 2.67 bits per heavy atom. The van der Waals surface area contributed by atoms with Gasteiger partial charge in [-0.1, -0.05) is 37.3 Å². The summed E-state index contributed by atoms with van der Waals surface area (Å²) < 4.78 is 11.7. The van der Waals surface area contributed by atoms with Gasteiger partial charge in [0, 0.05) is 35.1 Å². The summed E-state index contributed by atoms with van der Waals surface area (Å²) in [5.41, 5.74) is 3.69. The van der Waals surface area contributed by atoms with Crippen molar-refractivity contribution in [2.75, 3.05) is 18.1 Å². The van der Waals surface area contributed by atoms with Gasteiger partial charge < -0.3 is 14.8 Å². The molecule has 0 spiro atoms. The molecular formula is C27H29NO4S. The molecule has 4 rings (SSSR count). The van der Waals surface area contributed by atoms with E-state index in [1.807, 2.05) is 61.5 Å². The second-order valence-electron chi connectivity index (χ2n) is 8.09. The SMILES string of the molecule is CCSCCOC(=O)C1=C(C)NC2=C(C(=O)CCC2)[C@H]1c1cccc(Oc2ccccc2)c1. The molecule has 1 N–H and O–H groups in total. The van der Waals surface area contributed by atoms with Gasteiger partial charge in [0.05, 0.1) is 5.57 Å². The zero-order chi connectivity index (χ0) is 23.2. The van der Waals surface area contributed by atoms with Crippen LogP contribution in [-0.4, -0.2) is 29.9 Å². The van der Waals surface area contributed by atoms with E-state index in [0.29, 0.717) is 29.9 Å². The molecule has 0 radical (unpaired) electrons. The Morgan fingerprint density at radius 2 is 1.88 bits per heavy atom. The molecule has 1 heterocycles. The van der Waals surface area contributed by atoms with Crippen molar-refractivity contribution in [2.24, 2.45) is 0 Å². The smallest absolute Gasteiger partial charge is 0.336 e. The van der Waals surface area contributed by atoms with E-state index < -0.39 is 5.92 Å². The van der Waals surface area contributed by atoms with Crippen LogP contribution in [0.1, 0.15) is 44.6 Å². The molecule has 172 valence electrons. The van der Waals surface area contributed by atoms with Gasteiger partial charge in [0.25, 0.3) is 0 Å². The lowest BCUT2D eigenvalue weighted by atomic mass is 9.75. The zero-order valence-corrected chi connectivity index (χ0v) is 19.9. The number of ether oxygens (including phenoxy) is 2. The van der Waals surface area contributed by atoms with Crippen LogP contribution in [0.15, 0.2) is 77.1 Å². The highest BCUT2D eigenvalue weighted by Crippen LogP contribution is 2.43. The fourth-order valence-corrected chi connectivity index (χ4v) is 4.87. The predicted octanol–water partition coefficient (Wildman–Crippen LogP) is 5.74. The van der Waals surface area contributed by atoms with Crippen molar-refractivity contribution >= 4 is 23.5 Å². The number of carbonyl (C=O) groups excluding carboxylic acids is 2. The first-order valence-corrected chi connectivity index (χ1v) is 12.6. The maximum atomic E-state index is 13.2. The van der Waals surface area contributed by atoms with Crippen molar-refractivity contribution in [3.05, 3.63) is 82.7 Å². The molecule has 33 heavy (non-hydrogen) atoms. The summed E-state index contributed by atoms with van der Waals surface area (Å²) in [5.74, 6) is 2.35. The number of ketones is 1. The van der Waals surface area contributed by atoms with Gasteiger partial charge in [0.1, 0.15) is 18.1 Å². The molecule has 0 saturated heterocycles. The molecule has 6 heteroatoms. The summed E-state index contributed by atoms with van der Waals surface area (Å²) in [6, 6.07) is 17.2. The zero-order valence-electron chi connectivity index (χ0n) is 19.1. The molecule has 0 unspecified atom stereocenters. The molecule has 0 bridgehead atoms. The van der Waals surface area contributed by atoms with Gasteiger partial charge in [-0.15, -0.1) is 0 Å². The Morgan fingerprint density at radius 1 is 1.09 bits per heavy atom. The van der Waals surface area contributed by atoms with Crippen LogP contribution in [0.5, 0.6) is 11.5 Å². The Labute approximate surface area is 199 Å². The number of benzene rings is 2. The molecule has 0 amide bonds. The highest BCUT2D eigenvalue weighted by Gasteiger charge is 2.39. The van der Waals surface area contributed by atoms with E-state index in [0.717, 1.165) is 47.1 Å². The summed E-state index contributed by atoms with van der Waals surface area (Å²) in [4.78, 5) is 26.3. The van der Waals surface area contributed by atoms with Crippen LogP contribution < -0.4 is 10.1 Å². The summed E-state index contributed by atoms with van der Waals surface area (Å²) in [6.45, 7) is 4.31. The molecule has 0 saturated carbocycles. The predicted molar refractivity (Wildman–Crippen MR) is 131 cm³/mol. The first kappa shape index (κ1) is 23.2. The Bertz CT molecular complexity index is 1090. The molecule has 5 nitrogen and oxygen atoms in total. The summed E-state index contributed by atoms with van der Waals surface area (Å²) in [7, 11) is 0. The van der Waals surface area contributed by atoms with E-state index in [9.17, 15) is 9.59 Å². The number of Topliss-reactive ketones (excluding diaryl/α,β-unsaturated/α-hetero) is 1. The molecular weight excluding hydrogens is 434 g/mol. The third-order valence-corrected chi connectivity index (χ3v) is 6.69. The molecule has 1 atom stereocenters. The van der Waals surface area contributed by atoms with E-state index in [2.05, 4.69) is 12.2 Å². The first-order chi connectivity index (χ1) is 16.1. The van der Waals surface area contributed by atoms with Crippen molar-refractivity contribution < 1.29 is 19.1 Å². The van der Waals surface area contributed by atoms with Crippen LogP contribution in [0.2, 0.25) is 0 Å². The van der Waals surface area contributed by atoms with Crippen LogP contribution in [0.4, 0.5) is 0 Å². The lowest BCUT2D eigenvalue weighted by molar-refractivity contribution is -0.138. The highest BCUT2D eigenvalue weighted by atomic mass is 32.2. The normalized spacial score (nSPS) is 18.0. The van der Waals surface area contributed by atoms with Gasteiger partial charge >= 0.3 is 5.97 Å². The minimum atomic E-state index is -0.472. The monoisotopic (exact) mass is 463 g/mol. The lowest BCUT2D eigenvalue weighted by Crippen LogP contribution is -2.34. The summed E-state index contributed by atoms with van der Waals surface area (Å²) in [6.07, 6.45) is 2.10. The maximum absolute atomic E-state index is 13.2. The van der Waals surface area contributed by atoms with E-state index >= 15 is 0 Å². The van der Waals surface area contributed by atoms with E-state index in [-0.39, 0.29) is 11.8 Å². The number of nitrogens with one attached hydrogen (secondary N) is 1. The van der Waals surface area contributed by atoms with Gasteiger partial charge in [-0.05, 0) is 55.3 Å².